The number of aromatic nitrogens is 3. The van der Waals surface area contributed by atoms with Gasteiger partial charge < -0.3 is 19.8 Å². The summed E-state index contributed by atoms with van der Waals surface area (Å²) in [6.07, 6.45) is 1.05. The Labute approximate surface area is 230 Å². The molecule has 0 aliphatic carbocycles. The van der Waals surface area contributed by atoms with Crippen LogP contribution < -0.4 is 5.32 Å². The molecule has 37 heavy (non-hydrogen) atoms. The number of aryl methyl sites for hydroxylation is 1. The molecule has 1 atom stereocenters. The van der Waals surface area contributed by atoms with Crippen molar-refractivity contribution in [1.29, 1.82) is 0 Å². The number of hydrogen-bond donors (Lipinski definition) is 1. The minimum Gasteiger partial charge on any atom is -0.382 e. The van der Waals surface area contributed by atoms with Crippen LogP contribution in [0, 0.1) is 6.92 Å². The van der Waals surface area contributed by atoms with Crippen LogP contribution in [-0.4, -0.2) is 69.6 Å². The van der Waals surface area contributed by atoms with Crippen LogP contribution in [0.4, 0.5) is 5.69 Å². The third-order valence-electron chi connectivity index (χ3n) is 5.97. The van der Waals surface area contributed by atoms with E-state index in [0.717, 1.165) is 0 Å². The molecule has 5 rings (SSSR count). The van der Waals surface area contributed by atoms with E-state index in [2.05, 4.69) is 36.5 Å². The summed E-state index contributed by atoms with van der Waals surface area (Å²) in [7, 11) is 0. The van der Waals surface area contributed by atoms with E-state index in [4.69, 9.17) is 32.8 Å². The summed E-state index contributed by atoms with van der Waals surface area (Å²) in [6, 6.07) is 8.34. The lowest BCUT2D eigenvalue weighted by Crippen LogP contribution is -2.45. The van der Waals surface area contributed by atoms with Gasteiger partial charge in [-0.3, -0.25) is 9.59 Å². The van der Waals surface area contributed by atoms with Crippen molar-refractivity contribution in [3.05, 3.63) is 68.0 Å². The second kappa shape index (κ2) is 10.8. The first-order valence-electron chi connectivity index (χ1n) is 11.4. The highest BCUT2D eigenvalue weighted by molar-refractivity contribution is 9.10. The van der Waals surface area contributed by atoms with Crippen molar-refractivity contribution in [1.82, 2.24) is 19.7 Å². The lowest BCUT2D eigenvalue weighted by atomic mass is 9.99. The standard InChI is InChI=1S/C24H21BrCl2N6O4/c1-13-9-14(26)10-15(17-11-19(37-31-17)24(35)32-5-7-36-8-6-32)21(13)29-23(34)18-12-20(25)30-33(18)22-16(27)3-2-4-28-22/h2-4,9-10,12,19H,5-8,11H2,1H3,(H,29,34). The van der Waals surface area contributed by atoms with Gasteiger partial charge in [0.15, 0.2) is 5.82 Å². The fourth-order valence-electron chi connectivity index (χ4n) is 4.18. The first-order chi connectivity index (χ1) is 17.8. The highest BCUT2D eigenvalue weighted by Gasteiger charge is 2.34. The van der Waals surface area contributed by atoms with Gasteiger partial charge in [0, 0.05) is 42.4 Å². The van der Waals surface area contributed by atoms with Gasteiger partial charge in [0.05, 0.1) is 29.6 Å². The van der Waals surface area contributed by atoms with Crippen LogP contribution in [0.15, 0.2) is 46.3 Å². The van der Waals surface area contributed by atoms with Gasteiger partial charge in [0.2, 0.25) is 6.10 Å². The Kier molecular flexibility index (Phi) is 7.47. The molecule has 0 radical (unpaired) electrons. The number of morpholine rings is 1. The van der Waals surface area contributed by atoms with Crippen LogP contribution in [0.2, 0.25) is 10.0 Å². The number of halogens is 3. The fourth-order valence-corrected chi connectivity index (χ4v) is 5.03. The van der Waals surface area contributed by atoms with Crippen LogP contribution in [0.25, 0.3) is 5.82 Å². The summed E-state index contributed by atoms with van der Waals surface area (Å²) in [4.78, 5) is 37.9. The van der Waals surface area contributed by atoms with Crippen molar-refractivity contribution < 1.29 is 19.2 Å². The minimum absolute atomic E-state index is 0.146. The van der Waals surface area contributed by atoms with Gasteiger partial charge in [-0.15, -0.1) is 0 Å². The SMILES string of the molecule is Cc1cc(Cl)cc(C2=NOC(C(=O)N3CCOCC3)C2)c1NC(=O)c1cc(Br)nn1-c1ncccc1Cl. The van der Waals surface area contributed by atoms with Crippen molar-refractivity contribution in [2.24, 2.45) is 5.16 Å². The molecule has 1 aromatic carbocycles. The molecule has 1 fully saturated rings. The van der Waals surface area contributed by atoms with E-state index < -0.39 is 12.0 Å². The lowest BCUT2D eigenvalue weighted by molar-refractivity contribution is -0.146. The number of pyridine rings is 1. The van der Waals surface area contributed by atoms with E-state index in [9.17, 15) is 9.59 Å². The monoisotopic (exact) mass is 606 g/mol. The van der Waals surface area contributed by atoms with E-state index >= 15 is 0 Å². The van der Waals surface area contributed by atoms with Gasteiger partial charge in [-0.1, -0.05) is 28.4 Å². The molecule has 2 aliphatic rings. The first kappa shape index (κ1) is 25.7. The Morgan fingerprint density at radius 3 is 2.73 bits per heavy atom. The van der Waals surface area contributed by atoms with Gasteiger partial charge in [0.25, 0.3) is 11.8 Å². The first-order valence-corrected chi connectivity index (χ1v) is 12.9. The predicted octanol–water partition coefficient (Wildman–Crippen LogP) is 4.25. The third kappa shape index (κ3) is 5.35. The van der Waals surface area contributed by atoms with Crippen molar-refractivity contribution in [3.63, 3.8) is 0 Å². The average Bonchev–Trinajstić information content (AvgIpc) is 3.53. The zero-order valence-electron chi connectivity index (χ0n) is 19.6. The van der Waals surface area contributed by atoms with Crippen molar-refractivity contribution in [2.75, 3.05) is 31.6 Å². The maximum absolute atomic E-state index is 13.5. The highest BCUT2D eigenvalue weighted by atomic mass is 79.9. The number of amides is 2. The summed E-state index contributed by atoms with van der Waals surface area (Å²) in [5, 5.41) is 12.3. The number of carbonyl (C=O) groups excluding carboxylic acids is 2. The van der Waals surface area contributed by atoms with Gasteiger partial charge in [-0.25, -0.2) is 9.67 Å². The smallest absolute Gasteiger partial charge is 0.274 e. The molecule has 3 aromatic rings. The summed E-state index contributed by atoms with van der Waals surface area (Å²) in [6.45, 7) is 3.82. The zero-order chi connectivity index (χ0) is 26.1. The largest absolute Gasteiger partial charge is 0.382 e. The average molecular weight is 608 g/mol. The number of rotatable bonds is 5. The van der Waals surface area contributed by atoms with Crippen LogP contribution >= 0.6 is 39.1 Å². The maximum atomic E-state index is 13.5. The van der Waals surface area contributed by atoms with E-state index in [1.807, 2.05) is 6.92 Å². The molecule has 0 bridgehead atoms. The Morgan fingerprint density at radius 2 is 1.97 bits per heavy atom. The molecule has 1 saturated heterocycles. The molecule has 0 spiro atoms. The van der Waals surface area contributed by atoms with Gasteiger partial charge in [-0.2, -0.15) is 5.10 Å². The van der Waals surface area contributed by atoms with Crippen LogP contribution in [0.1, 0.15) is 28.0 Å². The Bertz CT molecular complexity index is 1410. The Balaban J connectivity index is 1.42. The molecule has 4 heterocycles. The molecular weight excluding hydrogens is 587 g/mol. The summed E-state index contributed by atoms with van der Waals surface area (Å²) < 4.78 is 7.12. The van der Waals surface area contributed by atoms with Gasteiger partial charge in [0.1, 0.15) is 10.3 Å². The minimum atomic E-state index is -0.750. The third-order valence-corrected chi connectivity index (χ3v) is 6.87. The number of nitrogens with one attached hydrogen (secondary N) is 1. The summed E-state index contributed by atoms with van der Waals surface area (Å²) in [5.41, 5.74) is 2.49. The van der Waals surface area contributed by atoms with Crippen LogP contribution in [0.3, 0.4) is 0 Å². The Hall–Kier alpha value is -2.99. The molecule has 2 aliphatic heterocycles. The number of hydrogen-bond acceptors (Lipinski definition) is 7. The quantitative estimate of drug-likeness (QED) is 0.464. The van der Waals surface area contributed by atoms with Crippen LogP contribution in [0.5, 0.6) is 0 Å². The van der Waals surface area contributed by atoms with Gasteiger partial charge >= 0.3 is 0 Å². The molecular formula is C24H21BrCl2N6O4. The van der Waals surface area contributed by atoms with Crippen molar-refractivity contribution >= 4 is 62.3 Å². The number of anilines is 1. The molecule has 192 valence electrons. The molecule has 13 heteroatoms. The molecule has 1 unspecified atom stereocenters. The lowest BCUT2D eigenvalue weighted by Gasteiger charge is -2.28. The van der Waals surface area contributed by atoms with Crippen molar-refractivity contribution in [3.8, 4) is 5.82 Å². The normalized spacial score (nSPS) is 17.4. The van der Waals surface area contributed by atoms with Crippen molar-refractivity contribution in [2.45, 2.75) is 19.4 Å². The summed E-state index contributed by atoms with van der Waals surface area (Å²) >= 11 is 16.0. The zero-order valence-corrected chi connectivity index (χ0v) is 22.7. The second-order valence-electron chi connectivity index (χ2n) is 8.45. The fraction of sp³-hybridized carbons (Fsp3) is 0.292. The number of oxime groups is 1. The molecule has 10 nitrogen and oxygen atoms in total. The second-order valence-corrected chi connectivity index (χ2v) is 10.1. The maximum Gasteiger partial charge on any atom is 0.274 e. The van der Waals surface area contributed by atoms with Crippen LogP contribution in [-0.2, 0) is 14.4 Å². The Morgan fingerprint density at radius 1 is 1.19 bits per heavy atom. The number of ether oxygens (including phenoxy) is 1. The number of benzene rings is 1. The highest BCUT2D eigenvalue weighted by Crippen LogP contribution is 2.31. The molecule has 1 N–H and O–H groups in total. The molecule has 0 saturated carbocycles. The van der Waals surface area contributed by atoms with E-state index in [1.54, 1.807) is 41.4 Å². The number of nitrogens with zero attached hydrogens (tertiary/aromatic N) is 5. The van der Waals surface area contributed by atoms with Gasteiger partial charge in [-0.05, 0) is 52.7 Å². The predicted molar refractivity (Wildman–Crippen MR) is 142 cm³/mol. The molecule has 2 amide bonds. The van der Waals surface area contributed by atoms with E-state index in [0.29, 0.717) is 69.3 Å². The van der Waals surface area contributed by atoms with E-state index in [1.165, 1.54) is 4.68 Å². The van der Waals surface area contributed by atoms with E-state index in [-0.39, 0.29) is 18.0 Å². The summed E-state index contributed by atoms with van der Waals surface area (Å²) in [5.74, 6) is -0.287. The molecule has 2 aromatic heterocycles. The topological polar surface area (TPSA) is 111 Å². The number of carbonyl (C=O) groups is 2.